The number of benzene rings is 6. The third-order valence-corrected chi connectivity index (χ3v) is 13.0. The van der Waals surface area contributed by atoms with Crippen LogP contribution in [0.3, 0.4) is 0 Å². The molecule has 0 amide bonds. The highest BCUT2D eigenvalue weighted by Gasteiger charge is 2.56. The van der Waals surface area contributed by atoms with Gasteiger partial charge in [0, 0.05) is 9.81 Å². The molecule has 2 aliphatic heterocycles. The molecule has 71 heavy (non-hydrogen) atoms. The molecule has 2 aliphatic rings. The van der Waals surface area contributed by atoms with E-state index in [4.69, 9.17) is 47.4 Å². The summed E-state index contributed by atoms with van der Waals surface area (Å²) in [7, 11) is 2.83. The number of hydrogen-bond acceptors (Lipinski definition) is 14. The van der Waals surface area contributed by atoms with Gasteiger partial charge in [-0.15, -0.1) is 0 Å². The predicted octanol–water partition coefficient (Wildman–Crippen LogP) is 9.67. The van der Waals surface area contributed by atoms with E-state index in [2.05, 4.69) is 10.0 Å². The van der Waals surface area contributed by atoms with E-state index in [1.54, 1.807) is 37.4 Å². The molecule has 2 saturated heterocycles. The summed E-state index contributed by atoms with van der Waals surface area (Å²) in [4.78, 5) is 32.4. The van der Waals surface area contributed by atoms with Gasteiger partial charge in [-0.2, -0.15) is 0 Å². The highest BCUT2D eigenvalue weighted by molar-refractivity contribution is 7.99. The first-order valence-electron chi connectivity index (χ1n) is 23.1. The van der Waals surface area contributed by atoms with Crippen LogP contribution in [-0.4, -0.2) is 93.3 Å². The lowest BCUT2D eigenvalue weighted by Crippen LogP contribution is -2.66. The van der Waals surface area contributed by atoms with E-state index < -0.39 is 72.4 Å². The minimum atomic E-state index is -1.50. The number of ether oxygens (including phenoxy) is 10. The van der Waals surface area contributed by atoms with Crippen molar-refractivity contribution in [2.75, 3.05) is 20.8 Å². The summed E-state index contributed by atoms with van der Waals surface area (Å²) < 4.78 is 64.4. The van der Waals surface area contributed by atoms with Crippen molar-refractivity contribution in [3.8, 4) is 5.75 Å². The van der Waals surface area contributed by atoms with Gasteiger partial charge in [0.1, 0.15) is 47.7 Å². The second kappa shape index (κ2) is 26.1. The Balaban J connectivity index is 1.20. The molecular formula is C55H55N3O12S. The summed E-state index contributed by atoms with van der Waals surface area (Å²) in [6, 6.07) is 52.7. The molecule has 2 fully saturated rings. The number of hydrogen-bond donors (Lipinski definition) is 0. The van der Waals surface area contributed by atoms with Crippen LogP contribution in [0.4, 0.5) is 0 Å². The first-order chi connectivity index (χ1) is 34.9. The van der Waals surface area contributed by atoms with Crippen LogP contribution in [0, 0.1) is 0 Å². The maximum atomic E-state index is 14.2. The van der Waals surface area contributed by atoms with Gasteiger partial charge in [0.05, 0.1) is 52.8 Å². The highest BCUT2D eigenvalue weighted by Crippen LogP contribution is 2.41. The SMILES string of the molecule is COC(=O)[C@@H]1O[C@H](Sc2ccccc2)C(OC(=O)c2ccccc2)C(OCc2ccccc2)[C@@H]1O[C@H]1OC(COCc2ccccc2)[C@@H](OCc2ccc(OC)cc2)[C@@H](OCc2ccccc2)C1N=[N+]=[N-]. The Morgan fingerprint density at radius 2 is 1.11 bits per heavy atom. The van der Waals surface area contributed by atoms with Crippen LogP contribution in [-0.2, 0) is 73.9 Å². The van der Waals surface area contributed by atoms with E-state index in [1.165, 1.54) is 18.9 Å². The van der Waals surface area contributed by atoms with Crippen LogP contribution < -0.4 is 4.74 Å². The minimum absolute atomic E-state index is 0.00666. The fraction of sp³-hybridized carbons (Fsp3) is 0.309. The lowest BCUT2D eigenvalue weighted by Gasteiger charge is -2.49. The van der Waals surface area contributed by atoms with Crippen molar-refractivity contribution in [3.05, 3.63) is 214 Å². The Morgan fingerprint density at radius 3 is 1.68 bits per heavy atom. The molecular weight excluding hydrogens is 927 g/mol. The Morgan fingerprint density at radius 1 is 0.592 bits per heavy atom. The topological polar surface area (TPSA) is 175 Å². The molecule has 0 saturated carbocycles. The van der Waals surface area contributed by atoms with Gasteiger partial charge in [-0.05, 0) is 64.2 Å². The summed E-state index contributed by atoms with van der Waals surface area (Å²) in [6.45, 7) is 0.410. The van der Waals surface area contributed by atoms with Crippen molar-refractivity contribution < 1.29 is 57.0 Å². The number of methoxy groups -OCH3 is 2. The Labute approximate surface area is 416 Å². The Bertz CT molecular complexity index is 2600. The van der Waals surface area contributed by atoms with Crippen molar-refractivity contribution in [1.29, 1.82) is 0 Å². The molecule has 2 heterocycles. The molecule has 8 rings (SSSR count). The molecule has 0 bridgehead atoms. The van der Waals surface area contributed by atoms with Crippen molar-refractivity contribution in [2.45, 2.75) is 91.8 Å². The monoisotopic (exact) mass is 981 g/mol. The van der Waals surface area contributed by atoms with Crippen molar-refractivity contribution in [3.63, 3.8) is 0 Å². The zero-order valence-corrected chi connectivity index (χ0v) is 40.0. The molecule has 0 N–H and O–H groups in total. The molecule has 15 nitrogen and oxygen atoms in total. The largest absolute Gasteiger partial charge is 0.497 e. The Kier molecular flexibility index (Phi) is 18.6. The van der Waals surface area contributed by atoms with Gasteiger partial charge < -0.3 is 47.4 Å². The quantitative estimate of drug-likeness (QED) is 0.0272. The van der Waals surface area contributed by atoms with Gasteiger partial charge in [0.15, 0.2) is 18.5 Å². The summed E-state index contributed by atoms with van der Waals surface area (Å²) in [6.07, 6.45) is -9.72. The second-order valence-electron chi connectivity index (χ2n) is 16.6. The molecule has 6 aromatic rings. The predicted molar refractivity (Wildman–Crippen MR) is 263 cm³/mol. The van der Waals surface area contributed by atoms with E-state index in [1.807, 2.05) is 146 Å². The van der Waals surface area contributed by atoms with Crippen LogP contribution in [0.1, 0.15) is 32.6 Å². The van der Waals surface area contributed by atoms with Gasteiger partial charge in [-0.3, -0.25) is 0 Å². The molecule has 0 aliphatic carbocycles. The molecule has 6 aromatic carbocycles. The average Bonchev–Trinajstić information content (AvgIpc) is 3.42. The third kappa shape index (κ3) is 13.9. The number of carbonyl (C=O) groups excluding carboxylic acids is 2. The number of nitrogens with zero attached hydrogens (tertiary/aromatic N) is 3. The summed E-state index contributed by atoms with van der Waals surface area (Å²) >= 11 is 1.24. The maximum absolute atomic E-state index is 14.2. The zero-order valence-electron chi connectivity index (χ0n) is 39.2. The van der Waals surface area contributed by atoms with Crippen LogP contribution >= 0.6 is 11.8 Å². The van der Waals surface area contributed by atoms with Gasteiger partial charge in [-0.1, -0.05) is 156 Å². The fourth-order valence-corrected chi connectivity index (χ4v) is 9.36. The number of thioether (sulfide) groups is 1. The lowest BCUT2D eigenvalue weighted by atomic mass is 9.95. The summed E-state index contributed by atoms with van der Waals surface area (Å²) in [5.41, 5.74) is 12.9. The van der Waals surface area contributed by atoms with Crippen LogP contribution in [0.2, 0.25) is 0 Å². The maximum Gasteiger partial charge on any atom is 0.338 e. The molecule has 0 radical (unpaired) electrons. The van der Waals surface area contributed by atoms with E-state index in [-0.39, 0.29) is 38.6 Å². The third-order valence-electron chi connectivity index (χ3n) is 11.8. The normalized spacial score (nSPS) is 24.0. The van der Waals surface area contributed by atoms with Crippen LogP contribution in [0.15, 0.2) is 186 Å². The molecule has 10 atom stereocenters. The van der Waals surface area contributed by atoms with Gasteiger partial charge in [-0.25, -0.2) is 9.59 Å². The van der Waals surface area contributed by atoms with Crippen molar-refractivity contribution in [1.82, 2.24) is 0 Å². The summed E-state index contributed by atoms with van der Waals surface area (Å²) in [5, 5.41) is 4.28. The molecule has 16 heteroatoms. The summed E-state index contributed by atoms with van der Waals surface area (Å²) in [5.74, 6) is -0.782. The number of rotatable bonds is 22. The lowest BCUT2D eigenvalue weighted by molar-refractivity contribution is -0.325. The molecule has 368 valence electrons. The van der Waals surface area contributed by atoms with Crippen LogP contribution in [0.5, 0.6) is 5.75 Å². The number of esters is 2. The fourth-order valence-electron chi connectivity index (χ4n) is 8.26. The first-order valence-corrected chi connectivity index (χ1v) is 24.0. The standard InChI is InChI=1S/C55H55N3O12S/c1-61-42-30-28-40(29-31-42)35-64-46-44(36-63-32-37-18-8-3-9-19-37)67-54(45(57-58-56)47(46)65-33-38-20-10-4-11-21-38)69-49-48(66-34-39-22-12-5-13-23-39)51(68-52(59)41-24-14-6-15-25-41)55(70-50(49)53(60)62-2)71-43-26-16-7-17-27-43/h3-31,44-51,54-55H,32-36H2,1-2H3/t44?,45?,46-,47+,48?,49+,50-,51?,54-,55-/m1/s1. The van der Waals surface area contributed by atoms with Gasteiger partial charge in [0.2, 0.25) is 0 Å². The van der Waals surface area contributed by atoms with Crippen LogP contribution in [0.25, 0.3) is 10.4 Å². The smallest absolute Gasteiger partial charge is 0.338 e. The number of azide groups is 1. The van der Waals surface area contributed by atoms with Gasteiger partial charge in [0.25, 0.3) is 0 Å². The van der Waals surface area contributed by atoms with Crippen molar-refractivity contribution >= 4 is 23.7 Å². The average molecular weight is 982 g/mol. The van der Waals surface area contributed by atoms with E-state index in [0.717, 1.165) is 27.1 Å². The van der Waals surface area contributed by atoms with E-state index >= 15 is 0 Å². The molecule has 0 aromatic heterocycles. The minimum Gasteiger partial charge on any atom is -0.497 e. The Hall–Kier alpha value is -6.56. The molecule has 0 spiro atoms. The van der Waals surface area contributed by atoms with E-state index in [0.29, 0.717) is 5.75 Å². The second-order valence-corrected chi connectivity index (χ2v) is 17.8. The van der Waals surface area contributed by atoms with Gasteiger partial charge >= 0.3 is 11.9 Å². The molecule has 4 unspecified atom stereocenters. The number of carbonyl (C=O) groups is 2. The first kappa shape index (κ1) is 50.8. The van der Waals surface area contributed by atoms with E-state index in [9.17, 15) is 15.1 Å². The highest BCUT2D eigenvalue weighted by atomic mass is 32.2. The zero-order chi connectivity index (χ0) is 49.2. The van der Waals surface area contributed by atoms with Crippen molar-refractivity contribution in [2.24, 2.45) is 5.11 Å².